The summed E-state index contributed by atoms with van der Waals surface area (Å²) in [5, 5.41) is 2.93. The molecule has 2 rings (SSSR count). The molecule has 0 atom stereocenters. The molecule has 0 aliphatic rings. The van der Waals surface area contributed by atoms with Crippen molar-refractivity contribution < 1.29 is 9.59 Å². The Morgan fingerprint density at radius 1 is 1.04 bits per heavy atom. The van der Waals surface area contributed by atoms with E-state index >= 15 is 0 Å². The van der Waals surface area contributed by atoms with Crippen LogP contribution in [0.5, 0.6) is 0 Å². The maximum Gasteiger partial charge on any atom is 0.256 e. The van der Waals surface area contributed by atoms with Crippen LogP contribution in [0.4, 0.5) is 5.69 Å². The number of nitrogens with zero attached hydrogens (tertiary/aromatic N) is 1. The molecule has 0 aliphatic carbocycles. The number of carbonyl (C=O) groups is 2. The summed E-state index contributed by atoms with van der Waals surface area (Å²) in [6.07, 6.45) is 2.13. The molecule has 1 N–H and O–H groups in total. The Kier molecular flexibility index (Phi) is 7.07. The molecule has 0 radical (unpaired) electrons. The molecule has 5 heteroatoms. The van der Waals surface area contributed by atoms with Crippen molar-refractivity contribution in [3.05, 3.63) is 59.7 Å². The van der Waals surface area contributed by atoms with Gasteiger partial charge in [-0.2, -0.15) is 0 Å². The minimum absolute atomic E-state index is 0.0201. The molecular weight excluding hydrogens is 332 g/mol. The minimum Gasteiger partial charge on any atom is -0.348 e. The van der Waals surface area contributed by atoms with Gasteiger partial charge in [0.2, 0.25) is 5.91 Å². The minimum atomic E-state index is -0.163. The van der Waals surface area contributed by atoms with Gasteiger partial charge in [0.15, 0.2) is 0 Å². The van der Waals surface area contributed by atoms with E-state index in [1.807, 2.05) is 42.5 Å². The Bertz CT molecular complexity index is 727. The lowest BCUT2D eigenvalue weighted by Crippen LogP contribution is -2.23. The zero-order chi connectivity index (χ0) is 18.2. The van der Waals surface area contributed by atoms with Gasteiger partial charge in [-0.3, -0.25) is 9.59 Å². The summed E-state index contributed by atoms with van der Waals surface area (Å²) in [6, 6.07) is 15.3. The van der Waals surface area contributed by atoms with Crippen LogP contribution < -0.4 is 5.32 Å². The summed E-state index contributed by atoms with van der Waals surface area (Å²) in [6.45, 7) is 2.14. The first kappa shape index (κ1) is 19.1. The van der Waals surface area contributed by atoms with Crippen LogP contribution in [0, 0.1) is 0 Å². The molecular formula is C20H24N2O2S. The van der Waals surface area contributed by atoms with Gasteiger partial charge in [-0.1, -0.05) is 37.6 Å². The van der Waals surface area contributed by atoms with Crippen LogP contribution >= 0.6 is 11.8 Å². The van der Waals surface area contributed by atoms with Gasteiger partial charge in [-0.05, 0) is 36.2 Å². The standard InChI is InChI=1S/C20H24N2O2S/c1-4-7-15-10-12-16(13-11-15)21-20(24)17-8-5-6-9-18(17)25-14-19(23)22(2)3/h5-6,8-13H,4,7,14H2,1-3H3,(H,21,24). The third kappa shape index (κ3) is 5.64. The topological polar surface area (TPSA) is 49.4 Å². The van der Waals surface area contributed by atoms with E-state index in [1.54, 1.807) is 25.1 Å². The highest BCUT2D eigenvalue weighted by Gasteiger charge is 2.13. The molecule has 0 heterocycles. The van der Waals surface area contributed by atoms with Crippen molar-refractivity contribution in [1.82, 2.24) is 4.90 Å². The van der Waals surface area contributed by atoms with Crippen molar-refractivity contribution in [1.29, 1.82) is 0 Å². The number of anilines is 1. The Balaban J connectivity index is 2.07. The first-order valence-electron chi connectivity index (χ1n) is 8.33. The zero-order valence-corrected chi connectivity index (χ0v) is 15.7. The summed E-state index contributed by atoms with van der Waals surface area (Å²) in [5.74, 6) is 0.165. The van der Waals surface area contributed by atoms with Gasteiger partial charge in [-0.15, -0.1) is 11.8 Å². The third-order valence-corrected chi connectivity index (χ3v) is 4.79. The second-order valence-electron chi connectivity index (χ2n) is 5.97. The lowest BCUT2D eigenvalue weighted by atomic mass is 10.1. The number of amides is 2. The van der Waals surface area contributed by atoms with Gasteiger partial charge in [0.05, 0.1) is 11.3 Å². The molecule has 0 saturated heterocycles. The summed E-state index contributed by atoms with van der Waals surface area (Å²) in [5.41, 5.74) is 2.62. The average molecular weight is 356 g/mol. The molecule has 0 spiro atoms. The van der Waals surface area contributed by atoms with Gasteiger partial charge in [0.1, 0.15) is 0 Å². The average Bonchev–Trinajstić information content (AvgIpc) is 2.61. The van der Waals surface area contributed by atoms with E-state index in [9.17, 15) is 9.59 Å². The highest BCUT2D eigenvalue weighted by Crippen LogP contribution is 2.24. The van der Waals surface area contributed by atoms with Crippen molar-refractivity contribution in [2.45, 2.75) is 24.7 Å². The number of rotatable bonds is 7. The Labute approximate surface area is 153 Å². The number of benzene rings is 2. The van der Waals surface area contributed by atoms with Crippen molar-refractivity contribution in [2.75, 3.05) is 25.2 Å². The fourth-order valence-electron chi connectivity index (χ4n) is 2.29. The fourth-order valence-corrected chi connectivity index (χ4v) is 3.32. The predicted octanol–water partition coefficient (Wildman–Crippen LogP) is 4.07. The summed E-state index contributed by atoms with van der Waals surface area (Å²) < 4.78 is 0. The molecule has 0 aromatic heterocycles. The van der Waals surface area contributed by atoms with Crippen LogP contribution in [0.15, 0.2) is 53.4 Å². The molecule has 25 heavy (non-hydrogen) atoms. The van der Waals surface area contributed by atoms with Crippen LogP contribution in [-0.4, -0.2) is 36.6 Å². The van der Waals surface area contributed by atoms with Crippen LogP contribution in [0.3, 0.4) is 0 Å². The van der Waals surface area contributed by atoms with E-state index in [1.165, 1.54) is 17.3 Å². The second kappa shape index (κ2) is 9.28. The van der Waals surface area contributed by atoms with Gasteiger partial charge < -0.3 is 10.2 Å². The third-order valence-electron chi connectivity index (χ3n) is 3.73. The zero-order valence-electron chi connectivity index (χ0n) is 14.9. The van der Waals surface area contributed by atoms with Crippen molar-refractivity contribution >= 4 is 29.3 Å². The molecule has 4 nitrogen and oxygen atoms in total. The van der Waals surface area contributed by atoms with E-state index in [0.717, 1.165) is 23.4 Å². The van der Waals surface area contributed by atoms with Crippen molar-refractivity contribution in [3.8, 4) is 0 Å². The lowest BCUT2D eigenvalue weighted by molar-refractivity contribution is -0.125. The van der Waals surface area contributed by atoms with Crippen molar-refractivity contribution in [3.63, 3.8) is 0 Å². The van der Waals surface area contributed by atoms with Gasteiger partial charge in [0, 0.05) is 24.7 Å². The predicted molar refractivity (Wildman–Crippen MR) is 104 cm³/mol. The van der Waals surface area contributed by atoms with E-state index < -0.39 is 0 Å². The number of hydrogen-bond acceptors (Lipinski definition) is 3. The molecule has 0 bridgehead atoms. The first-order chi connectivity index (χ1) is 12.0. The SMILES string of the molecule is CCCc1ccc(NC(=O)c2ccccc2SCC(=O)N(C)C)cc1. The van der Waals surface area contributed by atoms with Gasteiger partial charge >= 0.3 is 0 Å². The molecule has 2 aromatic carbocycles. The number of carbonyl (C=O) groups excluding carboxylic acids is 2. The number of thioether (sulfide) groups is 1. The lowest BCUT2D eigenvalue weighted by Gasteiger charge is -2.12. The molecule has 0 aliphatic heterocycles. The van der Waals surface area contributed by atoms with Crippen molar-refractivity contribution in [2.24, 2.45) is 0 Å². The number of aryl methyl sites for hydroxylation is 1. The van der Waals surface area contributed by atoms with Crippen LogP contribution in [0.2, 0.25) is 0 Å². The van der Waals surface area contributed by atoms with E-state index in [4.69, 9.17) is 0 Å². The van der Waals surface area contributed by atoms with Crippen LogP contribution in [0.25, 0.3) is 0 Å². The Morgan fingerprint density at radius 2 is 1.72 bits per heavy atom. The molecule has 2 amide bonds. The Morgan fingerprint density at radius 3 is 2.36 bits per heavy atom. The molecule has 0 unspecified atom stereocenters. The summed E-state index contributed by atoms with van der Waals surface area (Å²) in [4.78, 5) is 26.7. The smallest absolute Gasteiger partial charge is 0.256 e. The Hall–Kier alpha value is -2.27. The van der Waals surface area contributed by atoms with Crippen LogP contribution in [-0.2, 0) is 11.2 Å². The number of hydrogen-bond donors (Lipinski definition) is 1. The second-order valence-corrected chi connectivity index (χ2v) is 6.99. The normalized spacial score (nSPS) is 10.4. The highest BCUT2D eigenvalue weighted by molar-refractivity contribution is 8.00. The van der Waals surface area contributed by atoms with E-state index in [0.29, 0.717) is 11.3 Å². The quantitative estimate of drug-likeness (QED) is 0.761. The largest absolute Gasteiger partial charge is 0.348 e. The molecule has 132 valence electrons. The highest BCUT2D eigenvalue weighted by atomic mass is 32.2. The van der Waals surface area contributed by atoms with E-state index in [2.05, 4.69) is 12.2 Å². The van der Waals surface area contributed by atoms with Crippen LogP contribution in [0.1, 0.15) is 29.3 Å². The summed E-state index contributed by atoms with van der Waals surface area (Å²) in [7, 11) is 3.45. The molecule has 0 saturated carbocycles. The first-order valence-corrected chi connectivity index (χ1v) is 9.32. The van der Waals surface area contributed by atoms with E-state index in [-0.39, 0.29) is 11.8 Å². The van der Waals surface area contributed by atoms with Gasteiger partial charge in [-0.25, -0.2) is 0 Å². The molecule has 2 aromatic rings. The molecule has 0 fully saturated rings. The maximum absolute atomic E-state index is 12.6. The maximum atomic E-state index is 12.6. The number of nitrogens with one attached hydrogen (secondary N) is 1. The van der Waals surface area contributed by atoms with Gasteiger partial charge in [0.25, 0.3) is 5.91 Å². The fraction of sp³-hybridized carbons (Fsp3) is 0.300. The summed E-state index contributed by atoms with van der Waals surface area (Å²) >= 11 is 1.38. The monoisotopic (exact) mass is 356 g/mol.